The Morgan fingerprint density at radius 1 is 0.880 bits per heavy atom. The van der Waals surface area contributed by atoms with Gasteiger partial charge in [-0.2, -0.15) is 26.3 Å². The first kappa shape index (κ1) is 19.2. The van der Waals surface area contributed by atoms with Gasteiger partial charge >= 0.3 is 12.4 Å². The predicted octanol–water partition coefficient (Wildman–Crippen LogP) is 5.16. The van der Waals surface area contributed by atoms with Gasteiger partial charge in [-0.3, -0.25) is 0 Å². The van der Waals surface area contributed by atoms with E-state index in [4.69, 9.17) is 9.47 Å². The summed E-state index contributed by atoms with van der Waals surface area (Å²) in [6, 6.07) is 3.79. The topological polar surface area (TPSA) is 18.5 Å². The van der Waals surface area contributed by atoms with Crippen LogP contribution in [0.3, 0.4) is 0 Å². The van der Waals surface area contributed by atoms with Gasteiger partial charge in [0.15, 0.2) is 5.41 Å². The molecular formula is C17H16F6O2. The first-order chi connectivity index (χ1) is 11.6. The fourth-order valence-corrected chi connectivity index (χ4v) is 3.05. The number of alkyl halides is 6. The van der Waals surface area contributed by atoms with Gasteiger partial charge in [0.05, 0.1) is 14.2 Å². The minimum absolute atomic E-state index is 0.169. The van der Waals surface area contributed by atoms with Crippen molar-refractivity contribution in [1.29, 1.82) is 0 Å². The van der Waals surface area contributed by atoms with Crippen molar-refractivity contribution in [2.45, 2.75) is 24.2 Å². The van der Waals surface area contributed by atoms with Gasteiger partial charge in [-0.05, 0) is 36.3 Å². The Kier molecular flexibility index (Phi) is 5.11. The lowest BCUT2D eigenvalue weighted by molar-refractivity contribution is -0.314. The molecule has 0 bridgehead atoms. The predicted molar refractivity (Wildman–Crippen MR) is 79.1 cm³/mol. The van der Waals surface area contributed by atoms with E-state index in [2.05, 4.69) is 0 Å². The highest BCUT2D eigenvalue weighted by Gasteiger charge is 2.74. The van der Waals surface area contributed by atoms with Crippen molar-refractivity contribution in [3.05, 3.63) is 53.8 Å². The Morgan fingerprint density at radius 3 is 1.80 bits per heavy atom. The standard InChI is InChI=1S/C17H16F6O2/c1-24-13-7-3-11(4-8-13)15(16(18,19)20,17(21,22)23)12-5-9-14(25-2)10-6-12/h3-5,7-10,12H,6H2,1-2H3. The molecule has 1 unspecified atom stereocenters. The molecule has 1 atom stereocenters. The maximum absolute atomic E-state index is 13.9. The molecule has 0 saturated carbocycles. The average Bonchev–Trinajstić information content (AvgIpc) is 2.54. The SMILES string of the molecule is COC1=CCC(C(c2ccc(OC)cc2)(C(F)(F)F)C(F)(F)F)C=C1. The van der Waals surface area contributed by atoms with Crippen molar-refractivity contribution in [2.24, 2.45) is 5.92 Å². The molecule has 1 aromatic carbocycles. The molecule has 25 heavy (non-hydrogen) atoms. The lowest BCUT2D eigenvalue weighted by Crippen LogP contribution is -2.58. The van der Waals surface area contributed by atoms with Crippen molar-refractivity contribution >= 4 is 0 Å². The van der Waals surface area contributed by atoms with E-state index < -0.39 is 35.7 Å². The molecule has 138 valence electrons. The minimum atomic E-state index is -5.55. The Hall–Kier alpha value is -2.12. The molecule has 0 N–H and O–H groups in total. The van der Waals surface area contributed by atoms with E-state index >= 15 is 0 Å². The number of halogens is 6. The van der Waals surface area contributed by atoms with Gasteiger partial charge in [0.1, 0.15) is 11.5 Å². The largest absolute Gasteiger partial charge is 0.497 e. The zero-order chi connectivity index (χ0) is 18.9. The highest BCUT2D eigenvalue weighted by Crippen LogP contribution is 2.58. The lowest BCUT2D eigenvalue weighted by Gasteiger charge is -2.43. The Morgan fingerprint density at radius 2 is 1.44 bits per heavy atom. The summed E-state index contributed by atoms with van der Waals surface area (Å²) < 4.78 is 92.9. The quantitative estimate of drug-likeness (QED) is 0.685. The van der Waals surface area contributed by atoms with E-state index in [9.17, 15) is 26.3 Å². The number of ether oxygens (including phenoxy) is 2. The first-order valence-corrected chi connectivity index (χ1v) is 7.28. The van der Waals surface area contributed by atoms with Gasteiger partial charge < -0.3 is 9.47 Å². The van der Waals surface area contributed by atoms with Crippen LogP contribution in [0.1, 0.15) is 12.0 Å². The molecule has 0 aliphatic heterocycles. The maximum atomic E-state index is 13.9. The second-order valence-electron chi connectivity index (χ2n) is 5.54. The van der Waals surface area contributed by atoms with Crippen LogP contribution in [0.5, 0.6) is 5.75 Å². The smallest absolute Gasteiger partial charge is 0.407 e. The van der Waals surface area contributed by atoms with Crippen molar-refractivity contribution in [2.75, 3.05) is 14.2 Å². The molecule has 0 heterocycles. The van der Waals surface area contributed by atoms with Crippen LogP contribution in [0.25, 0.3) is 0 Å². The van der Waals surface area contributed by atoms with E-state index in [0.29, 0.717) is 0 Å². The molecule has 2 rings (SSSR count). The van der Waals surface area contributed by atoms with Gasteiger partial charge in [0.25, 0.3) is 0 Å². The third-order valence-electron chi connectivity index (χ3n) is 4.30. The fourth-order valence-electron chi connectivity index (χ4n) is 3.05. The summed E-state index contributed by atoms with van der Waals surface area (Å²) in [5.41, 5.74) is -4.91. The molecule has 1 aliphatic carbocycles. The van der Waals surface area contributed by atoms with Crippen LogP contribution in [0.15, 0.2) is 48.3 Å². The second-order valence-corrected chi connectivity index (χ2v) is 5.54. The zero-order valence-corrected chi connectivity index (χ0v) is 13.4. The van der Waals surface area contributed by atoms with E-state index in [-0.39, 0.29) is 11.5 Å². The van der Waals surface area contributed by atoms with Crippen molar-refractivity contribution < 1.29 is 35.8 Å². The number of rotatable bonds is 4. The molecule has 2 nitrogen and oxygen atoms in total. The summed E-state index contributed by atoms with van der Waals surface area (Å²) in [5.74, 6) is -1.45. The van der Waals surface area contributed by atoms with Gasteiger partial charge in [0.2, 0.25) is 0 Å². The molecular weight excluding hydrogens is 350 g/mol. The summed E-state index contributed by atoms with van der Waals surface area (Å²) >= 11 is 0. The Bertz CT molecular complexity index is 641. The molecule has 0 saturated heterocycles. The number of allylic oxidation sites excluding steroid dienone is 3. The van der Waals surface area contributed by atoms with Crippen molar-refractivity contribution in [3.63, 3.8) is 0 Å². The number of hydrogen-bond donors (Lipinski definition) is 0. The Labute approximate surface area is 140 Å². The van der Waals surface area contributed by atoms with Crippen LogP contribution >= 0.6 is 0 Å². The average molecular weight is 366 g/mol. The highest BCUT2D eigenvalue weighted by atomic mass is 19.4. The monoisotopic (exact) mass is 366 g/mol. The van der Waals surface area contributed by atoms with Crippen LogP contribution in [-0.4, -0.2) is 26.6 Å². The van der Waals surface area contributed by atoms with E-state index in [1.54, 1.807) is 0 Å². The molecule has 0 spiro atoms. The molecule has 1 aromatic rings. The summed E-state index contributed by atoms with van der Waals surface area (Å²) in [6.45, 7) is 0. The highest BCUT2D eigenvalue weighted by molar-refractivity contribution is 5.39. The van der Waals surface area contributed by atoms with E-state index in [0.717, 1.165) is 36.4 Å². The molecule has 1 aliphatic rings. The van der Waals surface area contributed by atoms with Crippen LogP contribution in [0, 0.1) is 5.92 Å². The summed E-state index contributed by atoms with van der Waals surface area (Å²) in [7, 11) is 2.57. The molecule has 0 aromatic heterocycles. The molecule has 0 amide bonds. The number of methoxy groups -OCH3 is 2. The second kappa shape index (κ2) is 6.65. The van der Waals surface area contributed by atoms with Gasteiger partial charge in [-0.1, -0.05) is 18.2 Å². The fraction of sp³-hybridized carbons (Fsp3) is 0.412. The van der Waals surface area contributed by atoms with Gasteiger partial charge in [-0.15, -0.1) is 0 Å². The van der Waals surface area contributed by atoms with E-state index in [1.165, 1.54) is 20.3 Å². The van der Waals surface area contributed by atoms with Gasteiger partial charge in [0, 0.05) is 5.92 Å². The number of hydrogen-bond acceptors (Lipinski definition) is 2. The summed E-state index contributed by atoms with van der Waals surface area (Å²) in [6.07, 6.45) is -8.29. The van der Waals surface area contributed by atoms with Crippen LogP contribution in [0.2, 0.25) is 0 Å². The lowest BCUT2D eigenvalue weighted by atomic mass is 9.66. The summed E-state index contributed by atoms with van der Waals surface area (Å²) in [4.78, 5) is 0. The van der Waals surface area contributed by atoms with Crippen LogP contribution in [0.4, 0.5) is 26.3 Å². The Balaban J connectivity index is 2.66. The van der Waals surface area contributed by atoms with Crippen molar-refractivity contribution in [3.8, 4) is 5.75 Å². The van der Waals surface area contributed by atoms with E-state index in [1.807, 2.05) is 0 Å². The third-order valence-corrected chi connectivity index (χ3v) is 4.30. The molecule has 0 fully saturated rings. The van der Waals surface area contributed by atoms with Crippen LogP contribution < -0.4 is 4.74 Å². The van der Waals surface area contributed by atoms with Crippen molar-refractivity contribution in [1.82, 2.24) is 0 Å². The zero-order valence-electron chi connectivity index (χ0n) is 13.4. The normalized spacial score (nSPS) is 18.7. The van der Waals surface area contributed by atoms with Gasteiger partial charge in [-0.25, -0.2) is 0 Å². The summed E-state index contributed by atoms with van der Waals surface area (Å²) in [5, 5.41) is 0. The first-order valence-electron chi connectivity index (χ1n) is 7.28. The maximum Gasteiger partial charge on any atom is 0.407 e. The number of benzene rings is 1. The minimum Gasteiger partial charge on any atom is -0.497 e. The van der Waals surface area contributed by atoms with Crippen LogP contribution in [-0.2, 0) is 10.2 Å². The third kappa shape index (κ3) is 3.21. The molecule has 8 heteroatoms. The molecule has 0 radical (unpaired) electrons.